The van der Waals surface area contributed by atoms with E-state index in [2.05, 4.69) is 10.3 Å². The number of nitrogens with one attached hydrogen (secondary N) is 1. The number of amidine groups is 1. The average Bonchev–Trinajstić information content (AvgIpc) is 2.75. The monoisotopic (exact) mass is 332 g/mol. The molecule has 6 atom stereocenters. The van der Waals surface area contributed by atoms with Gasteiger partial charge in [-0.25, -0.2) is 4.39 Å². The highest BCUT2D eigenvalue weighted by Gasteiger charge is 2.63. The lowest BCUT2D eigenvalue weighted by atomic mass is 9.87. The van der Waals surface area contributed by atoms with Crippen LogP contribution < -0.4 is 5.32 Å². The molecular weight excluding hydrogens is 316 g/mol. The first-order valence-electron chi connectivity index (χ1n) is 6.34. The topological polar surface area (TPSA) is 74.1 Å². The minimum Gasteiger partial charge on any atom is -0.387 e. The van der Waals surface area contributed by atoms with Gasteiger partial charge in [0, 0.05) is 6.54 Å². The Morgan fingerprint density at radius 2 is 2.05 bits per heavy atom. The van der Waals surface area contributed by atoms with Gasteiger partial charge < -0.3 is 20.3 Å². The van der Waals surface area contributed by atoms with Gasteiger partial charge in [-0.15, -0.1) is 0 Å². The third kappa shape index (κ3) is 2.86. The van der Waals surface area contributed by atoms with Gasteiger partial charge in [-0.2, -0.15) is 13.2 Å². The molecule has 6 unspecified atom stereocenters. The van der Waals surface area contributed by atoms with Gasteiger partial charge in [0.15, 0.2) is 16.9 Å². The summed E-state index contributed by atoms with van der Waals surface area (Å²) in [6, 6.07) is -1.00. The van der Waals surface area contributed by atoms with Crippen LogP contribution in [0.5, 0.6) is 0 Å². The van der Waals surface area contributed by atoms with E-state index in [9.17, 15) is 27.8 Å². The Kier molecular flexibility index (Phi) is 4.45. The number of aliphatic imine (C=N–C) groups is 1. The molecule has 0 aromatic rings. The number of ether oxygens (including phenoxy) is 1. The first-order valence-corrected chi connectivity index (χ1v) is 7.22. The highest BCUT2D eigenvalue weighted by atomic mass is 32.2. The van der Waals surface area contributed by atoms with Gasteiger partial charge in [0.1, 0.15) is 17.6 Å². The lowest BCUT2D eigenvalue weighted by molar-refractivity contribution is -0.315. The third-order valence-electron chi connectivity index (χ3n) is 3.50. The predicted molar refractivity (Wildman–Crippen MR) is 68.7 cm³/mol. The molecule has 21 heavy (non-hydrogen) atoms. The summed E-state index contributed by atoms with van der Waals surface area (Å²) in [5.74, 6) is 0. The van der Waals surface area contributed by atoms with E-state index in [4.69, 9.17) is 4.74 Å². The third-order valence-corrected chi connectivity index (χ3v) is 4.61. The fourth-order valence-electron chi connectivity index (χ4n) is 2.23. The smallest absolute Gasteiger partial charge is 0.387 e. The number of rotatable bonds is 2. The number of hydrogen-bond donors (Lipinski definition) is 3. The molecule has 0 spiro atoms. The van der Waals surface area contributed by atoms with Crippen LogP contribution in [0.3, 0.4) is 0 Å². The van der Waals surface area contributed by atoms with Gasteiger partial charge >= 0.3 is 6.18 Å². The van der Waals surface area contributed by atoms with Gasteiger partial charge in [0.2, 0.25) is 0 Å². The fourth-order valence-corrected chi connectivity index (χ4v) is 3.40. The van der Waals surface area contributed by atoms with E-state index in [0.29, 0.717) is 18.6 Å². The van der Waals surface area contributed by atoms with E-state index in [0.717, 1.165) is 11.8 Å². The van der Waals surface area contributed by atoms with Crippen molar-refractivity contribution in [2.45, 2.75) is 55.5 Å². The van der Waals surface area contributed by atoms with Crippen molar-refractivity contribution in [2.24, 2.45) is 4.99 Å². The maximum absolute atomic E-state index is 14.2. The van der Waals surface area contributed by atoms with Crippen LogP contribution in [0.15, 0.2) is 4.99 Å². The standard InChI is InChI=1S/C11H16F4N2O3S/c1-3-16-9-17-5-4(12)6(18)7(20-8(5)21-9)10(2,19)11(13,14)15/h4-8,18-19H,3H2,1-2H3,(H,16,17). The van der Waals surface area contributed by atoms with E-state index in [1.165, 1.54) is 0 Å². The lowest BCUT2D eigenvalue weighted by Crippen LogP contribution is -2.66. The molecule has 3 N–H and O–H groups in total. The van der Waals surface area contributed by atoms with Crippen LogP contribution in [-0.4, -0.2) is 63.6 Å². The quantitative estimate of drug-likeness (QED) is 0.653. The molecule has 122 valence electrons. The van der Waals surface area contributed by atoms with Gasteiger partial charge in [-0.3, -0.25) is 4.99 Å². The fraction of sp³-hybridized carbons (Fsp3) is 0.909. The Morgan fingerprint density at radius 1 is 1.43 bits per heavy atom. The molecule has 2 rings (SSSR count). The van der Waals surface area contributed by atoms with Crippen molar-refractivity contribution in [2.75, 3.05) is 6.54 Å². The van der Waals surface area contributed by atoms with E-state index in [1.807, 2.05) is 0 Å². The number of aliphatic hydroxyl groups excluding tert-OH is 1. The zero-order chi connectivity index (χ0) is 16.0. The molecule has 0 saturated carbocycles. The van der Waals surface area contributed by atoms with Crippen LogP contribution in [0.4, 0.5) is 17.6 Å². The van der Waals surface area contributed by atoms with Crippen LogP contribution in [0, 0.1) is 0 Å². The number of hydrogen-bond acceptors (Lipinski definition) is 5. The molecule has 0 aromatic carbocycles. The Bertz CT molecular complexity index is 432. The second kappa shape index (κ2) is 5.56. The second-order valence-electron chi connectivity index (χ2n) is 5.07. The predicted octanol–water partition coefficient (Wildman–Crippen LogP) is 0.805. The minimum atomic E-state index is -5.05. The first-order chi connectivity index (χ1) is 9.59. The number of fused-ring (bicyclic) bond motifs is 1. The second-order valence-corrected chi connectivity index (χ2v) is 6.16. The van der Waals surface area contributed by atoms with Crippen LogP contribution >= 0.6 is 11.8 Å². The van der Waals surface area contributed by atoms with Crippen molar-refractivity contribution in [1.82, 2.24) is 5.32 Å². The van der Waals surface area contributed by atoms with Crippen LogP contribution in [0.1, 0.15) is 13.8 Å². The molecule has 0 aliphatic carbocycles. The first kappa shape index (κ1) is 16.8. The molecule has 0 bridgehead atoms. The van der Waals surface area contributed by atoms with Gasteiger partial charge in [0.25, 0.3) is 0 Å². The Balaban J connectivity index is 2.24. The summed E-state index contributed by atoms with van der Waals surface area (Å²) in [5.41, 5.74) is -4.35. The molecule has 0 radical (unpaired) electrons. The van der Waals surface area contributed by atoms with Crippen LogP contribution in [0.2, 0.25) is 0 Å². The maximum atomic E-state index is 14.2. The SMILES string of the molecule is CCN=C1NC2C(OC(C(C)(O)C(F)(F)F)C(O)C2F)S1. The van der Waals surface area contributed by atoms with Crippen LogP contribution in [0.25, 0.3) is 0 Å². The van der Waals surface area contributed by atoms with Crippen molar-refractivity contribution in [3.8, 4) is 0 Å². The molecule has 2 fully saturated rings. The number of nitrogens with zero attached hydrogens (tertiary/aromatic N) is 1. The van der Waals surface area contributed by atoms with E-state index in [1.54, 1.807) is 6.92 Å². The molecule has 2 saturated heterocycles. The summed E-state index contributed by atoms with van der Waals surface area (Å²) >= 11 is 0.943. The molecule has 5 nitrogen and oxygen atoms in total. The normalized spacial score (nSPS) is 41.5. The summed E-state index contributed by atoms with van der Waals surface area (Å²) in [5, 5.41) is 22.4. The van der Waals surface area contributed by atoms with Gasteiger partial charge in [-0.1, -0.05) is 11.8 Å². The molecule has 2 aliphatic heterocycles. The Labute approximate surface area is 122 Å². The lowest BCUT2D eigenvalue weighted by Gasteiger charge is -2.44. The van der Waals surface area contributed by atoms with Crippen molar-refractivity contribution in [3.63, 3.8) is 0 Å². The number of alkyl halides is 4. The zero-order valence-corrected chi connectivity index (χ0v) is 12.1. The van der Waals surface area contributed by atoms with Crippen molar-refractivity contribution >= 4 is 16.9 Å². The van der Waals surface area contributed by atoms with Crippen molar-refractivity contribution in [1.29, 1.82) is 0 Å². The summed E-state index contributed by atoms with van der Waals surface area (Å²) in [6.07, 6.45) is -11.3. The van der Waals surface area contributed by atoms with Crippen LogP contribution in [-0.2, 0) is 4.74 Å². The molecular formula is C11H16F4N2O3S. The van der Waals surface area contributed by atoms with Gasteiger partial charge in [0.05, 0.1) is 6.04 Å². The minimum absolute atomic E-state index is 0.342. The maximum Gasteiger partial charge on any atom is 0.419 e. The van der Waals surface area contributed by atoms with E-state index < -0.39 is 41.6 Å². The number of thioether (sulfide) groups is 1. The summed E-state index contributed by atoms with van der Waals surface area (Å²) < 4.78 is 57.8. The zero-order valence-electron chi connectivity index (χ0n) is 11.3. The highest BCUT2D eigenvalue weighted by molar-refractivity contribution is 8.14. The largest absolute Gasteiger partial charge is 0.419 e. The Morgan fingerprint density at radius 3 is 2.57 bits per heavy atom. The summed E-state index contributed by atoms with van der Waals surface area (Å²) in [6.45, 7) is 2.62. The molecule has 2 aliphatic rings. The summed E-state index contributed by atoms with van der Waals surface area (Å²) in [4.78, 5) is 4.00. The van der Waals surface area contributed by atoms with E-state index in [-0.39, 0.29) is 0 Å². The summed E-state index contributed by atoms with van der Waals surface area (Å²) in [7, 11) is 0. The number of aliphatic hydroxyl groups is 2. The molecule has 10 heteroatoms. The van der Waals surface area contributed by atoms with Gasteiger partial charge in [-0.05, 0) is 13.8 Å². The Hall–Kier alpha value is -0.580. The number of halogens is 4. The highest BCUT2D eigenvalue weighted by Crippen LogP contribution is 2.43. The van der Waals surface area contributed by atoms with Crippen molar-refractivity contribution < 1.29 is 32.5 Å². The van der Waals surface area contributed by atoms with Crippen molar-refractivity contribution in [3.05, 3.63) is 0 Å². The average molecular weight is 332 g/mol. The molecule has 0 aromatic heterocycles. The molecule has 2 heterocycles. The molecule has 0 amide bonds. The van der Waals surface area contributed by atoms with E-state index >= 15 is 0 Å².